The summed E-state index contributed by atoms with van der Waals surface area (Å²) in [5.41, 5.74) is 1.24. The van der Waals surface area contributed by atoms with Gasteiger partial charge in [-0.25, -0.2) is 0 Å². The van der Waals surface area contributed by atoms with Gasteiger partial charge in [0.1, 0.15) is 6.10 Å². The van der Waals surface area contributed by atoms with Crippen molar-refractivity contribution in [3.8, 4) is 0 Å². The predicted molar refractivity (Wildman–Crippen MR) is 68.9 cm³/mol. The van der Waals surface area contributed by atoms with Crippen LogP contribution in [0.3, 0.4) is 0 Å². The fourth-order valence-corrected chi connectivity index (χ4v) is 1.87. The lowest BCUT2D eigenvalue weighted by Crippen LogP contribution is -2.30. The molecule has 0 amide bonds. The second-order valence-electron chi connectivity index (χ2n) is 4.87. The first-order valence-corrected chi connectivity index (χ1v) is 6.62. The van der Waals surface area contributed by atoms with Crippen molar-refractivity contribution in [1.82, 2.24) is 4.90 Å². The molecule has 0 N–H and O–H groups in total. The lowest BCUT2D eigenvalue weighted by molar-refractivity contribution is 0.0628. The molecule has 1 rings (SSSR count). The molecule has 1 fully saturated rings. The first kappa shape index (κ1) is 13.5. The summed E-state index contributed by atoms with van der Waals surface area (Å²) in [7, 11) is 2.16. The van der Waals surface area contributed by atoms with Gasteiger partial charge in [0.05, 0.1) is 5.71 Å². The predicted octanol–water partition coefficient (Wildman–Crippen LogP) is 3.05. The summed E-state index contributed by atoms with van der Waals surface area (Å²) < 4.78 is 0. The van der Waals surface area contributed by atoms with E-state index >= 15 is 0 Å². The first-order valence-electron chi connectivity index (χ1n) is 6.62. The van der Waals surface area contributed by atoms with Crippen LogP contribution in [-0.4, -0.2) is 36.9 Å². The van der Waals surface area contributed by atoms with Crippen molar-refractivity contribution in [2.24, 2.45) is 5.16 Å². The number of piperidine rings is 1. The van der Waals surface area contributed by atoms with E-state index in [0.717, 1.165) is 32.4 Å². The number of nitrogens with zero attached hydrogens (tertiary/aromatic N) is 2. The maximum Gasteiger partial charge on any atom is 0.124 e. The van der Waals surface area contributed by atoms with Crippen LogP contribution in [0.5, 0.6) is 0 Å². The second-order valence-corrected chi connectivity index (χ2v) is 4.87. The molecule has 1 heterocycles. The molecule has 1 aliphatic rings. The normalized spacial score (nSPS) is 19.6. The van der Waals surface area contributed by atoms with Crippen molar-refractivity contribution < 1.29 is 4.84 Å². The van der Waals surface area contributed by atoms with E-state index in [9.17, 15) is 0 Å². The summed E-state index contributed by atoms with van der Waals surface area (Å²) in [6, 6.07) is 0. The van der Waals surface area contributed by atoms with Crippen LogP contribution < -0.4 is 0 Å². The molecule has 16 heavy (non-hydrogen) atoms. The summed E-state index contributed by atoms with van der Waals surface area (Å²) in [4.78, 5) is 7.87. The van der Waals surface area contributed by atoms with Gasteiger partial charge in [-0.3, -0.25) is 0 Å². The lowest BCUT2D eigenvalue weighted by atomic mass is 10.1. The van der Waals surface area contributed by atoms with E-state index in [4.69, 9.17) is 4.84 Å². The first-order chi connectivity index (χ1) is 7.72. The standard InChI is InChI=1S/C13H26N2O/c1-4-5-6-7-12(2)16-14-13-8-10-15(3)11-9-13/h12H,4-11H2,1-3H3. The molecule has 0 saturated carbocycles. The molecular weight excluding hydrogens is 200 g/mol. The second kappa shape index (κ2) is 7.66. The van der Waals surface area contributed by atoms with Crippen LogP contribution >= 0.6 is 0 Å². The molecule has 0 aromatic carbocycles. The Morgan fingerprint density at radius 2 is 2.00 bits per heavy atom. The van der Waals surface area contributed by atoms with Crippen molar-refractivity contribution in [3.63, 3.8) is 0 Å². The minimum absolute atomic E-state index is 0.277. The van der Waals surface area contributed by atoms with Gasteiger partial charge in [0.2, 0.25) is 0 Å². The molecule has 3 nitrogen and oxygen atoms in total. The minimum atomic E-state index is 0.277. The number of likely N-dealkylation sites (tertiary alicyclic amines) is 1. The molecule has 1 saturated heterocycles. The smallest absolute Gasteiger partial charge is 0.124 e. The molecule has 1 aliphatic heterocycles. The van der Waals surface area contributed by atoms with E-state index in [0.29, 0.717) is 0 Å². The Morgan fingerprint density at radius 3 is 2.62 bits per heavy atom. The van der Waals surface area contributed by atoms with Crippen LogP contribution in [0.1, 0.15) is 52.4 Å². The highest BCUT2D eigenvalue weighted by Crippen LogP contribution is 2.09. The summed E-state index contributed by atoms with van der Waals surface area (Å²) in [6.07, 6.45) is 7.37. The molecular formula is C13H26N2O. The van der Waals surface area contributed by atoms with Gasteiger partial charge in [0.25, 0.3) is 0 Å². The van der Waals surface area contributed by atoms with Crippen LogP contribution in [0.2, 0.25) is 0 Å². The number of unbranched alkanes of at least 4 members (excludes halogenated alkanes) is 2. The van der Waals surface area contributed by atoms with Crippen LogP contribution in [0.4, 0.5) is 0 Å². The Bertz CT molecular complexity index is 206. The zero-order valence-electron chi connectivity index (χ0n) is 11.0. The van der Waals surface area contributed by atoms with Crippen LogP contribution in [0, 0.1) is 0 Å². The van der Waals surface area contributed by atoms with Gasteiger partial charge < -0.3 is 9.74 Å². The van der Waals surface area contributed by atoms with E-state index < -0.39 is 0 Å². The molecule has 1 unspecified atom stereocenters. The third-order valence-electron chi connectivity index (χ3n) is 3.14. The Morgan fingerprint density at radius 1 is 1.31 bits per heavy atom. The maximum atomic E-state index is 5.53. The number of oxime groups is 1. The van der Waals surface area contributed by atoms with Crippen molar-refractivity contribution in [3.05, 3.63) is 0 Å². The van der Waals surface area contributed by atoms with Crippen molar-refractivity contribution in [1.29, 1.82) is 0 Å². The Labute approximate surface area is 99.8 Å². The average molecular weight is 226 g/mol. The van der Waals surface area contributed by atoms with Gasteiger partial charge in [-0.15, -0.1) is 0 Å². The lowest BCUT2D eigenvalue weighted by Gasteiger charge is -2.23. The van der Waals surface area contributed by atoms with Gasteiger partial charge in [0.15, 0.2) is 0 Å². The third kappa shape index (κ3) is 5.50. The highest BCUT2D eigenvalue weighted by Gasteiger charge is 2.12. The quantitative estimate of drug-likeness (QED) is 0.513. The van der Waals surface area contributed by atoms with E-state index in [-0.39, 0.29) is 6.10 Å². The van der Waals surface area contributed by atoms with Crippen LogP contribution in [0.15, 0.2) is 5.16 Å². The molecule has 0 radical (unpaired) electrons. The third-order valence-corrected chi connectivity index (χ3v) is 3.14. The van der Waals surface area contributed by atoms with E-state index in [1.807, 2.05) is 0 Å². The van der Waals surface area contributed by atoms with Gasteiger partial charge >= 0.3 is 0 Å². The van der Waals surface area contributed by atoms with Crippen molar-refractivity contribution in [2.75, 3.05) is 20.1 Å². The zero-order valence-corrected chi connectivity index (χ0v) is 11.0. The monoisotopic (exact) mass is 226 g/mol. The molecule has 0 aromatic rings. The minimum Gasteiger partial charge on any atom is -0.393 e. The van der Waals surface area contributed by atoms with E-state index in [1.165, 1.54) is 25.0 Å². The number of rotatable bonds is 6. The van der Waals surface area contributed by atoms with Crippen LogP contribution in [-0.2, 0) is 4.84 Å². The summed E-state index contributed by atoms with van der Waals surface area (Å²) in [5.74, 6) is 0. The van der Waals surface area contributed by atoms with Crippen molar-refractivity contribution >= 4 is 5.71 Å². The molecule has 0 bridgehead atoms. The van der Waals surface area contributed by atoms with Crippen molar-refractivity contribution in [2.45, 2.75) is 58.5 Å². The summed E-state index contributed by atoms with van der Waals surface area (Å²) in [6.45, 7) is 6.58. The molecule has 3 heteroatoms. The average Bonchev–Trinajstić information content (AvgIpc) is 2.29. The Balaban J connectivity index is 2.14. The molecule has 94 valence electrons. The fraction of sp³-hybridized carbons (Fsp3) is 0.923. The Hall–Kier alpha value is -0.570. The maximum absolute atomic E-state index is 5.53. The highest BCUT2D eigenvalue weighted by atomic mass is 16.6. The molecule has 0 spiro atoms. The summed E-state index contributed by atoms with van der Waals surface area (Å²) in [5, 5.41) is 4.29. The zero-order chi connectivity index (χ0) is 11.8. The number of hydrogen-bond acceptors (Lipinski definition) is 3. The Kier molecular flexibility index (Phi) is 6.46. The molecule has 1 atom stereocenters. The van der Waals surface area contributed by atoms with Crippen LogP contribution in [0.25, 0.3) is 0 Å². The number of hydrogen-bond donors (Lipinski definition) is 0. The van der Waals surface area contributed by atoms with Gasteiger partial charge in [-0.1, -0.05) is 24.9 Å². The summed E-state index contributed by atoms with van der Waals surface area (Å²) >= 11 is 0. The fourth-order valence-electron chi connectivity index (χ4n) is 1.87. The van der Waals surface area contributed by atoms with E-state index in [1.54, 1.807) is 0 Å². The topological polar surface area (TPSA) is 24.8 Å². The molecule has 0 aromatic heterocycles. The highest BCUT2D eigenvalue weighted by molar-refractivity contribution is 5.84. The molecule has 0 aliphatic carbocycles. The largest absolute Gasteiger partial charge is 0.393 e. The van der Waals surface area contributed by atoms with Gasteiger partial charge in [-0.05, 0) is 26.8 Å². The SMILES string of the molecule is CCCCCC(C)ON=C1CCN(C)CC1. The van der Waals surface area contributed by atoms with E-state index in [2.05, 4.69) is 31.0 Å². The van der Waals surface area contributed by atoms with Gasteiger partial charge in [-0.2, -0.15) is 0 Å². The van der Waals surface area contributed by atoms with Gasteiger partial charge in [0, 0.05) is 25.9 Å².